The summed E-state index contributed by atoms with van der Waals surface area (Å²) in [7, 11) is -0.725. The lowest BCUT2D eigenvalue weighted by Gasteiger charge is -2.13. The van der Waals surface area contributed by atoms with Crippen LogP contribution in [0.2, 0.25) is 0 Å². The van der Waals surface area contributed by atoms with E-state index in [0.29, 0.717) is 5.69 Å². The fourth-order valence-electron chi connectivity index (χ4n) is 2.74. The van der Waals surface area contributed by atoms with Crippen LogP contribution in [0.15, 0.2) is 41.3 Å². The second-order valence-corrected chi connectivity index (χ2v) is 8.86. The molecule has 8 heteroatoms. The van der Waals surface area contributed by atoms with Crippen molar-refractivity contribution in [2.24, 2.45) is 0 Å². The standard InChI is InChI=1S/C20H24N2O5S/c1-13-10-14(2)19(15(3)11-13)21-18(23)12-27-20(24)16-6-8-17(9-7-16)28(25,26)22(4)5/h6-11H,12H2,1-5H3,(H,21,23). The van der Waals surface area contributed by atoms with E-state index in [2.05, 4.69) is 5.32 Å². The lowest BCUT2D eigenvalue weighted by Crippen LogP contribution is -2.23. The molecule has 0 spiro atoms. The van der Waals surface area contributed by atoms with Crippen molar-refractivity contribution < 1.29 is 22.7 Å². The molecule has 0 fully saturated rings. The van der Waals surface area contributed by atoms with Gasteiger partial charge in [0.25, 0.3) is 5.91 Å². The molecule has 0 radical (unpaired) electrons. The van der Waals surface area contributed by atoms with Crippen LogP contribution in [0, 0.1) is 20.8 Å². The van der Waals surface area contributed by atoms with E-state index < -0.39 is 28.5 Å². The molecular weight excluding hydrogens is 380 g/mol. The predicted molar refractivity (Wildman–Crippen MR) is 107 cm³/mol. The summed E-state index contributed by atoms with van der Waals surface area (Å²) in [5, 5.41) is 2.75. The minimum Gasteiger partial charge on any atom is -0.452 e. The number of ether oxygens (including phenoxy) is 1. The Balaban J connectivity index is 2.00. The molecule has 0 aromatic heterocycles. The zero-order chi connectivity index (χ0) is 21.1. The van der Waals surface area contributed by atoms with Gasteiger partial charge in [-0.15, -0.1) is 0 Å². The molecule has 2 aromatic carbocycles. The van der Waals surface area contributed by atoms with Crippen LogP contribution in [0.5, 0.6) is 0 Å². The van der Waals surface area contributed by atoms with Crippen molar-refractivity contribution in [3.63, 3.8) is 0 Å². The number of rotatable bonds is 6. The van der Waals surface area contributed by atoms with E-state index in [1.54, 1.807) is 0 Å². The van der Waals surface area contributed by atoms with Gasteiger partial charge >= 0.3 is 5.97 Å². The van der Waals surface area contributed by atoms with Gasteiger partial charge in [0.1, 0.15) is 0 Å². The second-order valence-electron chi connectivity index (χ2n) is 6.71. The number of hydrogen-bond acceptors (Lipinski definition) is 5. The van der Waals surface area contributed by atoms with Gasteiger partial charge in [-0.25, -0.2) is 17.5 Å². The first kappa shape index (κ1) is 21.6. The Kier molecular flexibility index (Phi) is 6.58. The normalized spacial score (nSPS) is 11.4. The highest BCUT2D eigenvalue weighted by Crippen LogP contribution is 2.22. The van der Waals surface area contributed by atoms with E-state index in [-0.39, 0.29) is 10.5 Å². The quantitative estimate of drug-likeness (QED) is 0.747. The number of hydrogen-bond donors (Lipinski definition) is 1. The fourth-order valence-corrected chi connectivity index (χ4v) is 3.64. The van der Waals surface area contributed by atoms with Gasteiger partial charge in [-0.3, -0.25) is 4.79 Å². The Morgan fingerprint density at radius 1 is 1.00 bits per heavy atom. The van der Waals surface area contributed by atoms with Gasteiger partial charge in [0.15, 0.2) is 6.61 Å². The summed E-state index contributed by atoms with van der Waals surface area (Å²) < 4.78 is 30.2. The molecule has 28 heavy (non-hydrogen) atoms. The smallest absolute Gasteiger partial charge is 0.338 e. The summed E-state index contributed by atoms with van der Waals surface area (Å²) >= 11 is 0. The number of amides is 1. The third-order valence-electron chi connectivity index (χ3n) is 4.14. The van der Waals surface area contributed by atoms with Crippen LogP contribution in [0.25, 0.3) is 0 Å². The average molecular weight is 404 g/mol. The molecule has 0 saturated heterocycles. The number of carbonyl (C=O) groups excluding carboxylic acids is 2. The third kappa shape index (κ3) is 4.96. The molecule has 1 amide bonds. The monoisotopic (exact) mass is 404 g/mol. The lowest BCUT2D eigenvalue weighted by atomic mass is 10.1. The molecule has 0 atom stereocenters. The average Bonchev–Trinajstić information content (AvgIpc) is 2.62. The van der Waals surface area contributed by atoms with Gasteiger partial charge in [-0.2, -0.15) is 0 Å². The Morgan fingerprint density at radius 2 is 1.54 bits per heavy atom. The van der Waals surface area contributed by atoms with Crippen LogP contribution in [0.4, 0.5) is 5.69 Å². The van der Waals surface area contributed by atoms with E-state index in [1.807, 2.05) is 32.9 Å². The molecule has 0 saturated carbocycles. The van der Waals surface area contributed by atoms with Gasteiger partial charge in [-0.1, -0.05) is 17.7 Å². The summed E-state index contributed by atoms with van der Waals surface area (Å²) in [6, 6.07) is 9.27. The maximum atomic E-state index is 12.1. The van der Waals surface area contributed by atoms with Crippen LogP contribution in [0.3, 0.4) is 0 Å². The van der Waals surface area contributed by atoms with Crippen LogP contribution in [-0.2, 0) is 19.6 Å². The number of carbonyl (C=O) groups is 2. The molecule has 0 aliphatic rings. The molecule has 0 unspecified atom stereocenters. The number of benzene rings is 2. The van der Waals surface area contributed by atoms with E-state index in [1.165, 1.54) is 38.4 Å². The topological polar surface area (TPSA) is 92.8 Å². The Morgan fingerprint density at radius 3 is 2.04 bits per heavy atom. The minimum atomic E-state index is -3.57. The SMILES string of the molecule is Cc1cc(C)c(NC(=O)COC(=O)c2ccc(S(=O)(=O)N(C)C)cc2)c(C)c1. The lowest BCUT2D eigenvalue weighted by molar-refractivity contribution is -0.119. The maximum Gasteiger partial charge on any atom is 0.338 e. The third-order valence-corrected chi connectivity index (χ3v) is 5.97. The van der Waals surface area contributed by atoms with Crippen LogP contribution in [0.1, 0.15) is 27.0 Å². The summed E-state index contributed by atoms with van der Waals surface area (Å²) in [4.78, 5) is 24.3. The predicted octanol–water partition coefficient (Wildman–Crippen LogP) is 2.66. The van der Waals surface area contributed by atoms with Gasteiger partial charge in [0.05, 0.1) is 10.5 Å². The zero-order valence-corrected chi connectivity index (χ0v) is 17.4. The van der Waals surface area contributed by atoms with Gasteiger partial charge in [0.2, 0.25) is 10.0 Å². The van der Waals surface area contributed by atoms with Crippen molar-refractivity contribution >= 4 is 27.6 Å². The first-order valence-corrected chi connectivity index (χ1v) is 10.0. The Bertz CT molecular complexity index is 973. The van der Waals surface area contributed by atoms with Gasteiger partial charge in [0, 0.05) is 19.8 Å². The summed E-state index contributed by atoms with van der Waals surface area (Å²) in [6.45, 7) is 5.32. The van der Waals surface area contributed by atoms with Crippen LogP contribution in [-0.4, -0.2) is 45.3 Å². The van der Waals surface area contributed by atoms with Gasteiger partial charge < -0.3 is 10.1 Å². The van der Waals surface area contributed by atoms with E-state index >= 15 is 0 Å². The molecule has 2 aromatic rings. The molecule has 150 valence electrons. The van der Waals surface area contributed by atoms with E-state index in [4.69, 9.17) is 4.74 Å². The van der Waals surface area contributed by atoms with Crippen molar-refractivity contribution in [3.8, 4) is 0 Å². The van der Waals surface area contributed by atoms with Crippen LogP contribution >= 0.6 is 0 Å². The summed E-state index contributed by atoms with van der Waals surface area (Å²) in [5.74, 6) is -1.16. The minimum absolute atomic E-state index is 0.0668. The molecule has 0 heterocycles. The van der Waals surface area contributed by atoms with Crippen molar-refractivity contribution in [1.82, 2.24) is 4.31 Å². The van der Waals surface area contributed by atoms with E-state index in [9.17, 15) is 18.0 Å². The Labute approximate surface area is 165 Å². The summed E-state index contributed by atoms with van der Waals surface area (Å²) in [5.41, 5.74) is 3.81. The largest absolute Gasteiger partial charge is 0.452 e. The highest BCUT2D eigenvalue weighted by Gasteiger charge is 2.18. The second kappa shape index (κ2) is 8.53. The maximum absolute atomic E-state index is 12.1. The number of nitrogens with one attached hydrogen (secondary N) is 1. The first-order valence-electron chi connectivity index (χ1n) is 8.60. The van der Waals surface area contributed by atoms with Crippen molar-refractivity contribution in [3.05, 3.63) is 58.7 Å². The molecular formula is C20H24N2O5S. The molecule has 7 nitrogen and oxygen atoms in total. The highest BCUT2D eigenvalue weighted by molar-refractivity contribution is 7.89. The highest BCUT2D eigenvalue weighted by atomic mass is 32.2. The Hall–Kier alpha value is -2.71. The number of esters is 1. The number of aryl methyl sites for hydroxylation is 3. The number of nitrogens with zero attached hydrogens (tertiary/aromatic N) is 1. The molecule has 0 bridgehead atoms. The fraction of sp³-hybridized carbons (Fsp3) is 0.300. The number of sulfonamides is 1. The molecule has 1 N–H and O–H groups in total. The van der Waals surface area contributed by atoms with Crippen molar-refractivity contribution in [2.75, 3.05) is 26.0 Å². The molecule has 0 aliphatic carbocycles. The first-order chi connectivity index (χ1) is 13.0. The molecule has 0 aliphatic heterocycles. The van der Waals surface area contributed by atoms with Gasteiger partial charge in [-0.05, 0) is 56.2 Å². The summed E-state index contributed by atoms with van der Waals surface area (Å²) in [6.07, 6.45) is 0. The van der Waals surface area contributed by atoms with Crippen LogP contribution < -0.4 is 5.32 Å². The van der Waals surface area contributed by atoms with E-state index in [0.717, 1.165) is 21.0 Å². The van der Waals surface area contributed by atoms with Crippen molar-refractivity contribution in [2.45, 2.75) is 25.7 Å². The zero-order valence-electron chi connectivity index (χ0n) is 16.6. The molecule has 2 rings (SSSR count). The number of anilines is 1. The van der Waals surface area contributed by atoms with Crippen molar-refractivity contribution in [1.29, 1.82) is 0 Å².